The summed E-state index contributed by atoms with van der Waals surface area (Å²) in [6.45, 7) is 5.18. The number of para-hydroxylation sites is 1. The molecule has 1 aromatic rings. The van der Waals surface area contributed by atoms with Crippen LogP contribution in [0.4, 0.5) is 0 Å². The molecule has 1 aromatic carbocycles. The van der Waals surface area contributed by atoms with Gasteiger partial charge in [-0.15, -0.1) is 0 Å². The predicted molar refractivity (Wildman–Crippen MR) is 99.4 cm³/mol. The van der Waals surface area contributed by atoms with Crippen molar-refractivity contribution in [3.63, 3.8) is 0 Å². The summed E-state index contributed by atoms with van der Waals surface area (Å²) in [5.74, 6) is -2.31. The van der Waals surface area contributed by atoms with Crippen molar-refractivity contribution < 1.29 is 28.6 Å². The molecule has 0 fully saturated rings. The molecule has 0 aliphatic heterocycles. The van der Waals surface area contributed by atoms with Crippen molar-refractivity contribution in [2.75, 3.05) is 20.3 Å². The van der Waals surface area contributed by atoms with Gasteiger partial charge in [0, 0.05) is 18.8 Å². The number of ether oxygens (including phenoxy) is 3. The number of hydrogen-bond donors (Lipinski definition) is 0. The number of carbonyl (C=O) groups excluding carboxylic acids is 3. The van der Waals surface area contributed by atoms with Gasteiger partial charge in [-0.25, -0.2) is 0 Å². The molecule has 3 atom stereocenters. The molecule has 0 heterocycles. The van der Waals surface area contributed by atoms with Gasteiger partial charge in [0.1, 0.15) is 5.75 Å². The lowest BCUT2D eigenvalue weighted by molar-refractivity contribution is -0.155. The van der Waals surface area contributed by atoms with Crippen LogP contribution in [0.25, 0.3) is 0 Å². The Labute approximate surface area is 159 Å². The molecule has 0 bridgehead atoms. The van der Waals surface area contributed by atoms with Crippen LogP contribution < -0.4 is 4.74 Å². The molecular weight excluding hydrogens is 348 g/mol. The average Bonchev–Trinajstić information content (AvgIpc) is 2.66. The van der Waals surface area contributed by atoms with Crippen molar-refractivity contribution in [2.45, 2.75) is 27.2 Å². The maximum absolute atomic E-state index is 13.3. The number of rotatable bonds is 7. The highest BCUT2D eigenvalue weighted by molar-refractivity contribution is 6.02. The summed E-state index contributed by atoms with van der Waals surface area (Å²) in [6, 6.07) is 6.95. The van der Waals surface area contributed by atoms with Gasteiger partial charge in [0.2, 0.25) is 0 Å². The molecule has 27 heavy (non-hydrogen) atoms. The second-order valence-electron chi connectivity index (χ2n) is 6.54. The van der Waals surface area contributed by atoms with Crippen LogP contribution in [-0.2, 0) is 19.1 Å². The lowest BCUT2D eigenvalue weighted by Crippen LogP contribution is -2.41. The van der Waals surface area contributed by atoms with Crippen molar-refractivity contribution in [1.29, 1.82) is 0 Å². The Bertz CT molecular complexity index is 736. The van der Waals surface area contributed by atoms with Gasteiger partial charge in [-0.05, 0) is 32.4 Å². The van der Waals surface area contributed by atoms with Crippen LogP contribution in [0.1, 0.15) is 37.6 Å². The quantitative estimate of drug-likeness (QED) is 0.414. The highest BCUT2D eigenvalue weighted by Gasteiger charge is 2.44. The number of benzene rings is 1. The first-order valence-corrected chi connectivity index (χ1v) is 9.04. The fourth-order valence-electron chi connectivity index (χ4n) is 3.50. The molecule has 0 spiro atoms. The molecule has 0 amide bonds. The molecule has 1 aliphatic carbocycles. The summed E-state index contributed by atoms with van der Waals surface area (Å²) in [4.78, 5) is 37.3. The second-order valence-corrected chi connectivity index (χ2v) is 6.54. The van der Waals surface area contributed by atoms with Gasteiger partial charge >= 0.3 is 11.9 Å². The van der Waals surface area contributed by atoms with E-state index in [-0.39, 0.29) is 19.0 Å². The Kier molecular flexibility index (Phi) is 7.16. The van der Waals surface area contributed by atoms with Crippen molar-refractivity contribution in [3.05, 3.63) is 41.5 Å². The minimum atomic E-state index is -0.716. The van der Waals surface area contributed by atoms with Crippen LogP contribution in [0.2, 0.25) is 0 Å². The van der Waals surface area contributed by atoms with Crippen molar-refractivity contribution in [1.82, 2.24) is 0 Å². The Morgan fingerprint density at radius 3 is 2.48 bits per heavy atom. The van der Waals surface area contributed by atoms with E-state index in [9.17, 15) is 14.4 Å². The molecule has 0 unspecified atom stereocenters. The predicted octanol–water partition coefficient (Wildman–Crippen LogP) is 3.20. The fourth-order valence-corrected chi connectivity index (χ4v) is 3.50. The summed E-state index contributed by atoms with van der Waals surface area (Å²) in [6.07, 6.45) is 2.35. The van der Waals surface area contributed by atoms with E-state index in [1.165, 1.54) is 14.0 Å². The van der Waals surface area contributed by atoms with Crippen molar-refractivity contribution in [2.24, 2.45) is 17.8 Å². The molecule has 0 aromatic heterocycles. The van der Waals surface area contributed by atoms with Gasteiger partial charge in [-0.3, -0.25) is 14.4 Å². The molecule has 0 saturated heterocycles. The average molecular weight is 374 g/mol. The van der Waals surface area contributed by atoms with Crippen LogP contribution >= 0.6 is 0 Å². The smallest absolute Gasteiger partial charge is 0.310 e. The molecule has 0 N–H and O–H groups in total. The summed E-state index contributed by atoms with van der Waals surface area (Å²) in [7, 11) is 1.50. The first kappa shape index (κ1) is 20.7. The summed E-state index contributed by atoms with van der Waals surface area (Å²) < 4.78 is 15.7. The number of methoxy groups -OCH3 is 1. The normalized spacial score (nSPS) is 21.8. The van der Waals surface area contributed by atoms with E-state index in [0.29, 0.717) is 17.7 Å². The maximum Gasteiger partial charge on any atom is 0.310 e. The largest absolute Gasteiger partial charge is 0.496 e. The fraction of sp³-hybridized carbons (Fsp3) is 0.476. The molecule has 1 aliphatic rings. The number of hydrogen-bond acceptors (Lipinski definition) is 6. The van der Waals surface area contributed by atoms with Crippen LogP contribution in [0.5, 0.6) is 5.75 Å². The number of carbonyl (C=O) groups is 3. The topological polar surface area (TPSA) is 78.9 Å². The van der Waals surface area contributed by atoms with Gasteiger partial charge in [0.25, 0.3) is 0 Å². The zero-order chi connectivity index (χ0) is 20.0. The minimum Gasteiger partial charge on any atom is -0.496 e. The lowest BCUT2D eigenvalue weighted by atomic mass is 9.69. The van der Waals surface area contributed by atoms with Crippen LogP contribution in [0, 0.1) is 17.8 Å². The van der Waals surface area contributed by atoms with E-state index in [2.05, 4.69) is 0 Å². The minimum absolute atomic E-state index is 0.0385. The first-order chi connectivity index (χ1) is 12.9. The van der Waals surface area contributed by atoms with E-state index in [1.807, 2.05) is 13.0 Å². The second kappa shape index (κ2) is 9.35. The van der Waals surface area contributed by atoms with Crippen molar-refractivity contribution >= 4 is 17.7 Å². The number of esters is 2. The van der Waals surface area contributed by atoms with Crippen LogP contribution in [0.3, 0.4) is 0 Å². The molecular formula is C21H26O6. The van der Waals surface area contributed by atoms with E-state index < -0.39 is 29.7 Å². The first-order valence-electron chi connectivity index (χ1n) is 9.04. The third-order valence-electron chi connectivity index (χ3n) is 4.88. The summed E-state index contributed by atoms with van der Waals surface area (Å²) in [5.41, 5.74) is 1.34. The highest BCUT2D eigenvalue weighted by atomic mass is 16.5. The molecule has 0 radical (unpaired) electrons. The van der Waals surface area contributed by atoms with Gasteiger partial charge < -0.3 is 14.2 Å². The lowest BCUT2D eigenvalue weighted by Gasteiger charge is -2.35. The molecule has 6 heteroatoms. The number of Topliss-reactive ketones (excluding diaryl/α,β-unsaturated/α-hetero) is 1. The Hall–Kier alpha value is -2.63. The standard InChI is InChI=1S/C21H26O6/c1-5-26-21(24)19-16(11-10-13(2)17(19)12-27-14(3)22)20(23)15-8-6-7-9-18(15)25-4/h6-10,16-17,19H,5,11-12H2,1-4H3/t16-,17+,19+/m1/s1. The van der Waals surface area contributed by atoms with E-state index in [4.69, 9.17) is 14.2 Å². The molecule has 0 saturated carbocycles. The molecule has 6 nitrogen and oxygen atoms in total. The summed E-state index contributed by atoms with van der Waals surface area (Å²) >= 11 is 0. The molecule has 2 rings (SSSR count). The van der Waals surface area contributed by atoms with E-state index >= 15 is 0 Å². The Balaban J connectivity index is 2.41. The Morgan fingerprint density at radius 2 is 1.85 bits per heavy atom. The van der Waals surface area contributed by atoms with Crippen LogP contribution in [0.15, 0.2) is 35.9 Å². The van der Waals surface area contributed by atoms with Gasteiger partial charge in [0.05, 0.1) is 31.8 Å². The van der Waals surface area contributed by atoms with Crippen LogP contribution in [-0.4, -0.2) is 38.0 Å². The zero-order valence-corrected chi connectivity index (χ0v) is 16.2. The highest BCUT2D eigenvalue weighted by Crippen LogP contribution is 2.39. The van der Waals surface area contributed by atoms with E-state index in [1.54, 1.807) is 31.2 Å². The van der Waals surface area contributed by atoms with Gasteiger partial charge in [0.15, 0.2) is 5.78 Å². The van der Waals surface area contributed by atoms with E-state index in [0.717, 1.165) is 5.57 Å². The maximum atomic E-state index is 13.3. The molecule has 146 valence electrons. The monoisotopic (exact) mass is 374 g/mol. The third-order valence-corrected chi connectivity index (χ3v) is 4.88. The van der Waals surface area contributed by atoms with Crippen molar-refractivity contribution in [3.8, 4) is 5.75 Å². The number of ketones is 1. The summed E-state index contributed by atoms with van der Waals surface area (Å²) in [5, 5.41) is 0. The number of allylic oxidation sites excluding steroid dienone is 1. The SMILES string of the molecule is CCOC(=O)[C@H]1[C@H](C(=O)c2ccccc2OC)CC=C(C)[C@@H]1COC(C)=O. The van der Waals surface area contributed by atoms with Gasteiger partial charge in [-0.1, -0.05) is 23.8 Å². The Morgan fingerprint density at radius 1 is 1.15 bits per heavy atom. The van der Waals surface area contributed by atoms with Gasteiger partial charge in [-0.2, -0.15) is 0 Å². The zero-order valence-electron chi connectivity index (χ0n) is 16.2. The third kappa shape index (κ3) is 4.76.